The van der Waals surface area contributed by atoms with Crippen LogP contribution >= 0.6 is 0 Å². The highest BCUT2D eigenvalue weighted by Gasteiger charge is 2.28. The number of allylic oxidation sites excluding steroid dienone is 6. The van der Waals surface area contributed by atoms with Crippen LogP contribution in [-0.4, -0.2) is 26.6 Å². The van der Waals surface area contributed by atoms with Crippen LogP contribution < -0.4 is 0 Å². The molecule has 1 aromatic rings. The average Bonchev–Trinajstić information content (AvgIpc) is 2.70. The van der Waals surface area contributed by atoms with E-state index in [1.807, 2.05) is 32.1 Å². The van der Waals surface area contributed by atoms with Gasteiger partial charge < -0.3 is 4.74 Å². The normalized spacial score (nSPS) is 15.6. The van der Waals surface area contributed by atoms with Crippen molar-refractivity contribution in [3.8, 4) is 0 Å². The largest absolute Gasteiger partial charge is 0.479 e. The Kier molecular flexibility index (Phi) is 9.31. The summed E-state index contributed by atoms with van der Waals surface area (Å²) in [5.74, 6) is 0.553. The molecule has 5 heteroatoms. The molecule has 0 saturated carbocycles. The Morgan fingerprint density at radius 2 is 1.86 bits per heavy atom. The number of carbonyl (C=O) groups is 1. The molecule has 4 nitrogen and oxygen atoms in total. The predicted octanol–water partition coefficient (Wildman–Crippen LogP) is 5.67. The van der Waals surface area contributed by atoms with E-state index in [4.69, 9.17) is 4.74 Å². The van der Waals surface area contributed by atoms with Gasteiger partial charge in [0.05, 0.1) is 4.90 Å². The van der Waals surface area contributed by atoms with Crippen LogP contribution in [0.15, 0.2) is 71.2 Å². The van der Waals surface area contributed by atoms with Crippen LogP contribution in [0.1, 0.15) is 52.5 Å². The molecule has 29 heavy (non-hydrogen) atoms. The van der Waals surface area contributed by atoms with Crippen LogP contribution in [0.5, 0.6) is 0 Å². The molecule has 0 aromatic heterocycles. The number of ether oxygens (including phenoxy) is 1. The number of carbonyl (C=O) groups excluding carboxylic acids is 1. The minimum atomic E-state index is -3.30. The fourth-order valence-electron chi connectivity index (χ4n) is 2.84. The summed E-state index contributed by atoms with van der Waals surface area (Å²) in [5.41, 5.74) is 1.52. The van der Waals surface area contributed by atoms with E-state index in [1.165, 1.54) is 6.26 Å². The molecule has 1 aromatic carbocycles. The van der Waals surface area contributed by atoms with Gasteiger partial charge in [-0.3, -0.25) is 4.79 Å². The van der Waals surface area contributed by atoms with E-state index < -0.39 is 15.4 Å². The van der Waals surface area contributed by atoms with Crippen LogP contribution in [0, 0.1) is 0 Å². The first-order valence-electron chi connectivity index (χ1n) is 9.74. The Balaban J connectivity index is 3.56. The first-order valence-corrected chi connectivity index (χ1v) is 11.6. The van der Waals surface area contributed by atoms with Gasteiger partial charge in [-0.05, 0) is 69.0 Å². The second kappa shape index (κ2) is 11.0. The SMILES string of the molecule is C=C\C=C/C(=C\C)C(/C)=C(/OC(C)(C=O)CCCC)c1ccc(S(C)(=O)=O)cc1. The van der Waals surface area contributed by atoms with Crippen molar-refractivity contribution in [3.05, 3.63) is 71.9 Å². The quantitative estimate of drug-likeness (QED) is 0.265. The van der Waals surface area contributed by atoms with Crippen LogP contribution in [0.4, 0.5) is 0 Å². The highest BCUT2D eigenvalue weighted by atomic mass is 32.2. The number of hydrogen-bond donors (Lipinski definition) is 0. The maximum absolute atomic E-state index is 11.9. The van der Waals surface area contributed by atoms with Gasteiger partial charge in [0, 0.05) is 11.8 Å². The van der Waals surface area contributed by atoms with E-state index in [0.717, 1.165) is 30.3 Å². The summed E-state index contributed by atoms with van der Waals surface area (Å²) < 4.78 is 29.9. The number of benzene rings is 1. The van der Waals surface area contributed by atoms with Crippen molar-refractivity contribution >= 4 is 21.9 Å². The molecular formula is C24H32O4S. The third-order valence-electron chi connectivity index (χ3n) is 4.65. The van der Waals surface area contributed by atoms with Gasteiger partial charge >= 0.3 is 0 Å². The molecule has 0 spiro atoms. The Morgan fingerprint density at radius 1 is 1.24 bits per heavy atom. The maximum Gasteiger partial charge on any atom is 0.175 e. The molecule has 158 valence electrons. The van der Waals surface area contributed by atoms with E-state index in [9.17, 15) is 13.2 Å². The van der Waals surface area contributed by atoms with Gasteiger partial charge in [0.1, 0.15) is 5.76 Å². The van der Waals surface area contributed by atoms with Gasteiger partial charge in [-0.15, -0.1) is 0 Å². The van der Waals surface area contributed by atoms with Crippen molar-refractivity contribution in [1.82, 2.24) is 0 Å². The molecule has 0 heterocycles. The van der Waals surface area contributed by atoms with Gasteiger partial charge in [-0.1, -0.05) is 44.2 Å². The molecule has 1 atom stereocenters. The summed E-state index contributed by atoms with van der Waals surface area (Å²) >= 11 is 0. The molecule has 0 aliphatic rings. The Hall–Kier alpha value is -2.40. The van der Waals surface area contributed by atoms with Crippen molar-refractivity contribution in [2.45, 2.75) is 57.5 Å². The molecular weight excluding hydrogens is 384 g/mol. The lowest BCUT2D eigenvalue weighted by atomic mass is 9.98. The molecule has 0 fully saturated rings. The summed E-state index contributed by atoms with van der Waals surface area (Å²) in [6.07, 6.45) is 11.8. The highest BCUT2D eigenvalue weighted by Crippen LogP contribution is 2.32. The third kappa shape index (κ3) is 7.17. The number of hydrogen-bond acceptors (Lipinski definition) is 4. The summed E-state index contributed by atoms with van der Waals surface area (Å²) in [7, 11) is -3.30. The number of sulfone groups is 1. The summed E-state index contributed by atoms with van der Waals surface area (Å²) in [6.45, 7) is 11.4. The van der Waals surface area contributed by atoms with Crippen LogP contribution in [0.3, 0.4) is 0 Å². The van der Waals surface area contributed by atoms with Crippen molar-refractivity contribution in [2.75, 3.05) is 6.26 Å². The van der Waals surface area contributed by atoms with Crippen LogP contribution in [0.2, 0.25) is 0 Å². The minimum Gasteiger partial charge on any atom is -0.479 e. The number of aldehydes is 1. The lowest BCUT2D eigenvalue weighted by molar-refractivity contribution is -0.122. The molecule has 0 bridgehead atoms. The summed E-state index contributed by atoms with van der Waals surface area (Å²) in [6, 6.07) is 6.54. The molecule has 0 aliphatic carbocycles. The van der Waals surface area contributed by atoms with E-state index in [-0.39, 0.29) is 4.90 Å². The van der Waals surface area contributed by atoms with Gasteiger partial charge in [0.2, 0.25) is 0 Å². The first-order chi connectivity index (χ1) is 13.6. The minimum absolute atomic E-state index is 0.236. The lowest BCUT2D eigenvalue weighted by Gasteiger charge is -2.28. The summed E-state index contributed by atoms with van der Waals surface area (Å²) in [5, 5.41) is 0. The zero-order chi connectivity index (χ0) is 22.1. The molecule has 1 rings (SSSR count). The van der Waals surface area contributed by atoms with E-state index in [0.29, 0.717) is 17.7 Å². The molecule has 0 amide bonds. The monoisotopic (exact) mass is 416 g/mol. The topological polar surface area (TPSA) is 60.4 Å². The Bertz CT molecular complexity index is 903. The molecule has 0 N–H and O–H groups in total. The lowest BCUT2D eigenvalue weighted by Crippen LogP contribution is -2.30. The van der Waals surface area contributed by atoms with Crippen molar-refractivity contribution in [2.24, 2.45) is 0 Å². The Labute approximate surface area is 175 Å². The van der Waals surface area contributed by atoms with Crippen LogP contribution in [0.25, 0.3) is 5.76 Å². The fraction of sp³-hybridized carbons (Fsp3) is 0.375. The van der Waals surface area contributed by atoms with E-state index in [1.54, 1.807) is 37.3 Å². The van der Waals surface area contributed by atoms with Gasteiger partial charge in [-0.25, -0.2) is 8.42 Å². The second-order valence-corrected chi connectivity index (χ2v) is 9.24. The van der Waals surface area contributed by atoms with Gasteiger partial charge in [0.25, 0.3) is 0 Å². The zero-order valence-electron chi connectivity index (χ0n) is 18.1. The fourth-order valence-corrected chi connectivity index (χ4v) is 3.47. The van der Waals surface area contributed by atoms with Gasteiger partial charge in [0.15, 0.2) is 21.7 Å². The van der Waals surface area contributed by atoms with E-state index in [2.05, 4.69) is 13.5 Å². The smallest absolute Gasteiger partial charge is 0.175 e. The standard InChI is InChI=1S/C24H32O4S/c1-7-10-12-20(9-3)19(4)23(28-24(5,18-25)17-11-8-2)21-13-15-22(16-14-21)29(6,26)27/h7,9-10,12-16,18H,1,8,11,17H2,2-6H3/b12-10-,20-9+,23-19+. The second-order valence-electron chi connectivity index (χ2n) is 7.23. The highest BCUT2D eigenvalue weighted by molar-refractivity contribution is 7.90. The van der Waals surface area contributed by atoms with Crippen molar-refractivity contribution < 1.29 is 17.9 Å². The van der Waals surface area contributed by atoms with Crippen molar-refractivity contribution in [1.29, 1.82) is 0 Å². The molecule has 0 radical (unpaired) electrons. The zero-order valence-corrected chi connectivity index (χ0v) is 18.9. The summed E-state index contributed by atoms with van der Waals surface area (Å²) in [4.78, 5) is 12.1. The molecule has 0 saturated heterocycles. The predicted molar refractivity (Wildman–Crippen MR) is 120 cm³/mol. The van der Waals surface area contributed by atoms with Crippen LogP contribution in [-0.2, 0) is 19.4 Å². The number of unbranched alkanes of at least 4 members (excludes halogenated alkanes) is 1. The van der Waals surface area contributed by atoms with E-state index >= 15 is 0 Å². The average molecular weight is 417 g/mol. The third-order valence-corrected chi connectivity index (χ3v) is 5.78. The molecule has 1 unspecified atom stereocenters. The molecule has 0 aliphatic heterocycles. The number of rotatable bonds is 11. The first kappa shape index (κ1) is 24.6. The van der Waals surface area contributed by atoms with Crippen molar-refractivity contribution in [3.63, 3.8) is 0 Å². The Morgan fingerprint density at radius 3 is 2.31 bits per heavy atom. The van der Waals surface area contributed by atoms with Gasteiger partial charge in [-0.2, -0.15) is 0 Å². The maximum atomic E-state index is 11.9.